The monoisotopic (exact) mass is 714 g/mol. The van der Waals surface area contributed by atoms with Gasteiger partial charge < -0.3 is 0 Å². The summed E-state index contributed by atoms with van der Waals surface area (Å²) in [6.45, 7) is 15.1. The van der Waals surface area contributed by atoms with Gasteiger partial charge in [-0.05, 0) is 83.1 Å². The summed E-state index contributed by atoms with van der Waals surface area (Å²) < 4.78 is 0. The maximum atomic E-state index is 5.16. The zero-order chi connectivity index (χ0) is 38.6. The molecule has 0 radical (unpaired) electrons. The third-order valence-electron chi connectivity index (χ3n) is 9.92. The highest BCUT2D eigenvalue weighted by Gasteiger charge is 2.27. The minimum atomic E-state index is 0.621. The summed E-state index contributed by atoms with van der Waals surface area (Å²) in [7, 11) is 0. The van der Waals surface area contributed by atoms with Crippen LogP contribution in [0.4, 0.5) is 0 Å². The molecule has 1 aliphatic carbocycles. The molecule has 0 amide bonds. The van der Waals surface area contributed by atoms with E-state index in [9.17, 15) is 0 Å². The molecule has 55 heavy (non-hydrogen) atoms. The van der Waals surface area contributed by atoms with E-state index in [0.717, 1.165) is 29.0 Å². The lowest BCUT2D eigenvalue weighted by Gasteiger charge is -2.10. The quantitative estimate of drug-likeness (QED) is 0.147. The number of aliphatic imine (C=N–C) groups is 2. The van der Waals surface area contributed by atoms with Gasteiger partial charge in [0, 0.05) is 23.1 Å². The average molecular weight is 715 g/mol. The van der Waals surface area contributed by atoms with Crippen molar-refractivity contribution in [2.24, 2.45) is 9.98 Å². The van der Waals surface area contributed by atoms with Gasteiger partial charge in [-0.2, -0.15) is 0 Å². The first-order chi connectivity index (χ1) is 27.0. The van der Waals surface area contributed by atoms with Crippen LogP contribution in [0.15, 0.2) is 191 Å². The molecule has 2 heteroatoms. The molecule has 1 aliphatic rings. The van der Waals surface area contributed by atoms with Gasteiger partial charge in [0.25, 0.3) is 0 Å². The second kappa shape index (κ2) is 18.6. The van der Waals surface area contributed by atoms with Crippen LogP contribution in [0.1, 0.15) is 52.8 Å². The molecule has 0 bridgehead atoms. The number of fused-ring (bicyclic) bond motifs is 1. The van der Waals surface area contributed by atoms with Crippen LogP contribution < -0.4 is 0 Å². The molecule has 0 fully saturated rings. The minimum absolute atomic E-state index is 0.621. The van der Waals surface area contributed by atoms with Crippen molar-refractivity contribution in [1.82, 2.24) is 0 Å². The summed E-state index contributed by atoms with van der Waals surface area (Å²) in [5.74, 6) is 0. The normalized spacial score (nSPS) is 13.1. The van der Waals surface area contributed by atoms with Crippen LogP contribution in [-0.4, -0.2) is 12.4 Å². The van der Waals surface area contributed by atoms with Crippen molar-refractivity contribution >= 4 is 18.1 Å². The maximum absolute atomic E-state index is 5.16. The second-order valence-corrected chi connectivity index (χ2v) is 13.6. The zero-order valence-electron chi connectivity index (χ0n) is 32.8. The number of hydrogen-bond donors (Lipinski definition) is 0. The third kappa shape index (κ3) is 9.23. The molecule has 0 spiro atoms. The van der Waals surface area contributed by atoms with Crippen LogP contribution in [0.2, 0.25) is 0 Å². The Kier molecular flexibility index (Phi) is 13.0. The molecular formula is C53H50N2. The van der Waals surface area contributed by atoms with Gasteiger partial charge >= 0.3 is 0 Å². The minimum Gasteiger partial charge on any atom is -0.280 e. The summed E-state index contributed by atoms with van der Waals surface area (Å²) in [5, 5.41) is 0. The second-order valence-electron chi connectivity index (χ2n) is 13.6. The number of hydrogen-bond acceptors (Lipinski definition) is 2. The van der Waals surface area contributed by atoms with Gasteiger partial charge in [-0.3, -0.25) is 9.98 Å². The molecule has 0 N–H and O–H groups in total. The Morgan fingerprint density at radius 3 is 1.64 bits per heavy atom. The van der Waals surface area contributed by atoms with Crippen molar-refractivity contribution in [3.63, 3.8) is 0 Å². The van der Waals surface area contributed by atoms with Crippen LogP contribution in [-0.2, 0) is 13.0 Å². The van der Waals surface area contributed by atoms with E-state index in [1.807, 2.05) is 26.0 Å². The van der Waals surface area contributed by atoms with Crippen molar-refractivity contribution in [3.8, 4) is 33.4 Å². The van der Waals surface area contributed by atoms with Crippen molar-refractivity contribution in [3.05, 3.63) is 220 Å². The third-order valence-corrected chi connectivity index (χ3v) is 9.92. The fourth-order valence-corrected chi connectivity index (χ4v) is 7.10. The summed E-state index contributed by atoms with van der Waals surface area (Å²) in [4.78, 5) is 9.74. The Bertz CT molecular complexity index is 2370. The molecule has 0 aromatic heterocycles. The molecule has 0 heterocycles. The van der Waals surface area contributed by atoms with E-state index in [4.69, 9.17) is 4.99 Å². The van der Waals surface area contributed by atoms with Gasteiger partial charge in [-0.1, -0.05) is 195 Å². The molecule has 0 unspecified atom stereocenters. The van der Waals surface area contributed by atoms with E-state index < -0.39 is 0 Å². The van der Waals surface area contributed by atoms with Gasteiger partial charge in [0.15, 0.2) is 0 Å². The van der Waals surface area contributed by atoms with Crippen molar-refractivity contribution in [2.45, 2.75) is 47.6 Å². The largest absolute Gasteiger partial charge is 0.280 e. The molecule has 0 saturated heterocycles. The lowest BCUT2D eigenvalue weighted by atomic mass is 9.97. The first-order valence-corrected chi connectivity index (χ1v) is 19.2. The van der Waals surface area contributed by atoms with Gasteiger partial charge in [0.05, 0.1) is 18.0 Å². The fourth-order valence-electron chi connectivity index (χ4n) is 7.10. The number of benzene rings is 7. The van der Waals surface area contributed by atoms with E-state index in [2.05, 4.69) is 196 Å². The lowest BCUT2D eigenvalue weighted by Crippen LogP contribution is -2.03. The number of nitrogens with zero attached hydrogens (tertiary/aromatic N) is 2. The van der Waals surface area contributed by atoms with Crippen LogP contribution in [0, 0.1) is 20.8 Å². The molecule has 2 nitrogen and oxygen atoms in total. The molecule has 8 rings (SSSR count). The predicted octanol–water partition coefficient (Wildman–Crippen LogP) is 14.0. The fraction of sp³-hybridized carbons (Fsp3) is 0.132. The summed E-state index contributed by atoms with van der Waals surface area (Å²) >= 11 is 0. The van der Waals surface area contributed by atoms with Crippen molar-refractivity contribution < 1.29 is 0 Å². The van der Waals surface area contributed by atoms with Gasteiger partial charge in [-0.25, -0.2) is 0 Å². The summed E-state index contributed by atoms with van der Waals surface area (Å²) in [6, 6.07) is 61.9. The first-order valence-electron chi connectivity index (χ1n) is 19.2. The molecule has 0 atom stereocenters. The Labute approximate surface area is 328 Å². The number of aryl methyl sites for hydroxylation is 3. The van der Waals surface area contributed by atoms with Crippen LogP contribution in [0.3, 0.4) is 0 Å². The first kappa shape index (κ1) is 38.3. The van der Waals surface area contributed by atoms with Gasteiger partial charge in [-0.15, -0.1) is 0 Å². The highest BCUT2D eigenvalue weighted by molar-refractivity contribution is 6.20. The molecule has 7 aromatic rings. The highest BCUT2D eigenvalue weighted by atomic mass is 14.8. The van der Waals surface area contributed by atoms with E-state index in [0.29, 0.717) is 6.54 Å². The van der Waals surface area contributed by atoms with Crippen LogP contribution >= 0.6 is 0 Å². The van der Waals surface area contributed by atoms with Gasteiger partial charge in [0.1, 0.15) is 0 Å². The molecule has 0 saturated carbocycles. The zero-order valence-corrected chi connectivity index (χ0v) is 32.8. The Morgan fingerprint density at radius 2 is 1.04 bits per heavy atom. The van der Waals surface area contributed by atoms with E-state index in [1.165, 1.54) is 66.8 Å². The molecular weight excluding hydrogens is 665 g/mol. The Hall–Kier alpha value is -6.38. The Balaban J connectivity index is 0.000000269. The standard InChI is InChI=1S/C37H30N2.C14H14.C2H6/c1-26-10-9-15-31(22-26)32-20-21-34-33(23-32)24-35(37(34)39-25-27-11-5-3-6-12-27)36(38-2)30-18-16-29(17-19-30)28-13-7-4-8-14-28;1-11-7-3-5-9-13(11)14-10-6-4-8-12(14)2;1-2/h3-23H,2,24-25H2,1H3;3-10H,1-2H3;1-2H3/b36-35-,39-37?;;. The van der Waals surface area contributed by atoms with Gasteiger partial charge in [0.2, 0.25) is 0 Å². The number of allylic oxidation sites excluding steroid dienone is 1. The highest BCUT2D eigenvalue weighted by Crippen LogP contribution is 2.37. The molecule has 0 aliphatic heterocycles. The van der Waals surface area contributed by atoms with E-state index in [1.54, 1.807) is 0 Å². The molecule has 272 valence electrons. The predicted molar refractivity (Wildman–Crippen MR) is 238 cm³/mol. The van der Waals surface area contributed by atoms with E-state index in [-0.39, 0.29) is 0 Å². The number of rotatable bonds is 7. The smallest absolute Gasteiger partial charge is 0.0751 e. The van der Waals surface area contributed by atoms with Crippen LogP contribution in [0.25, 0.3) is 39.1 Å². The topological polar surface area (TPSA) is 24.7 Å². The SMILES string of the molecule is C=N/C(=C1/Cc2cc(-c3cccc(C)c3)ccc2C1=NCc1ccccc1)c1ccc(-c2ccccc2)cc1.CC.Cc1ccccc1-c1ccccc1C. The van der Waals surface area contributed by atoms with Crippen molar-refractivity contribution in [2.75, 3.05) is 0 Å². The molecule has 7 aromatic carbocycles. The summed E-state index contributed by atoms with van der Waals surface area (Å²) in [6.07, 6.45) is 0.775. The summed E-state index contributed by atoms with van der Waals surface area (Å²) in [5.41, 5.74) is 19.2. The maximum Gasteiger partial charge on any atom is 0.0751 e. The Morgan fingerprint density at radius 1 is 0.509 bits per heavy atom. The lowest BCUT2D eigenvalue weighted by molar-refractivity contribution is 1.07. The van der Waals surface area contributed by atoms with Crippen molar-refractivity contribution in [1.29, 1.82) is 0 Å². The van der Waals surface area contributed by atoms with E-state index >= 15 is 0 Å². The average Bonchev–Trinajstić information content (AvgIpc) is 3.60. The van der Waals surface area contributed by atoms with Crippen LogP contribution in [0.5, 0.6) is 0 Å².